The Morgan fingerprint density at radius 2 is 1.95 bits per heavy atom. The molecule has 1 aliphatic heterocycles. The maximum absolute atomic E-state index is 13.1. The summed E-state index contributed by atoms with van der Waals surface area (Å²) in [7, 11) is 0. The van der Waals surface area contributed by atoms with E-state index in [-0.39, 0.29) is 0 Å². The topological polar surface area (TPSA) is 69.6 Å². The Bertz CT molecular complexity index is 386. The van der Waals surface area contributed by atoms with Crippen molar-refractivity contribution in [2.45, 2.75) is 31.0 Å². The number of carbonyl (C=O) groups is 2. The van der Waals surface area contributed by atoms with Crippen LogP contribution in [0.15, 0.2) is 0 Å². The van der Waals surface area contributed by atoms with E-state index in [0.29, 0.717) is 4.90 Å². The predicted octanol–water partition coefficient (Wildman–Crippen LogP) is 0.283. The first-order valence-corrected chi connectivity index (χ1v) is 5.66. The lowest BCUT2D eigenvalue weighted by atomic mass is 10.2. The van der Waals surface area contributed by atoms with E-state index >= 15 is 0 Å². The minimum Gasteiger partial charge on any atom is -0.394 e. The fourth-order valence-electron chi connectivity index (χ4n) is 1.85. The van der Waals surface area contributed by atoms with Gasteiger partial charge in [-0.05, 0) is 0 Å². The molecule has 1 rings (SSSR count). The molecule has 1 unspecified atom stereocenters. The van der Waals surface area contributed by atoms with Crippen molar-refractivity contribution in [1.82, 2.24) is 10.2 Å². The van der Waals surface area contributed by atoms with E-state index in [0.717, 1.165) is 0 Å². The van der Waals surface area contributed by atoms with Gasteiger partial charge in [-0.15, -0.1) is 0 Å². The van der Waals surface area contributed by atoms with Crippen LogP contribution in [0.2, 0.25) is 0 Å². The second-order valence-electron chi connectivity index (χ2n) is 4.49. The van der Waals surface area contributed by atoms with Crippen LogP contribution in [0.5, 0.6) is 0 Å². The van der Waals surface area contributed by atoms with E-state index in [1.54, 1.807) is 0 Å². The van der Waals surface area contributed by atoms with Crippen LogP contribution < -0.4 is 5.32 Å². The highest BCUT2D eigenvalue weighted by molar-refractivity contribution is 5.97. The molecule has 0 radical (unpaired) electrons. The maximum Gasteiger partial charge on any atom is 0.405 e. The van der Waals surface area contributed by atoms with Gasteiger partial charge in [0.25, 0.3) is 5.92 Å². The number of nitrogens with one attached hydrogen (secondary N) is 1. The lowest BCUT2D eigenvalue weighted by Gasteiger charge is -2.22. The molecule has 1 aliphatic rings. The summed E-state index contributed by atoms with van der Waals surface area (Å²) in [5.74, 6) is -5.42. The second-order valence-corrected chi connectivity index (χ2v) is 4.49. The minimum atomic E-state index is -4.62. The zero-order valence-electron chi connectivity index (χ0n) is 10.2. The van der Waals surface area contributed by atoms with Crippen molar-refractivity contribution in [3.8, 4) is 0 Å². The molecular weight excluding hydrogens is 291 g/mol. The standard InChI is InChI=1S/C10H13F5N2O3/c11-9(12)2-6(3-18)17(5-9)8(20)1-7(19)16-4-10(13,14)15/h6,18H,1-5H2,(H,16,19). The molecule has 1 saturated heterocycles. The molecule has 5 nitrogen and oxygen atoms in total. The Morgan fingerprint density at radius 1 is 1.35 bits per heavy atom. The molecule has 2 N–H and O–H groups in total. The zero-order chi connectivity index (χ0) is 15.6. The number of amides is 2. The first kappa shape index (κ1) is 16.6. The number of nitrogens with zero attached hydrogens (tertiary/aromatic N) is 1. The molecule has 2 amide bonds. The molecule has 0 aromatic heterocycles. The van der Waals surface area contributed by atoms with Crippen molar-refractivity contribution in [3.05, 3.63) is 0 Å². The van der Waals surface area contributed by atoms with Crippen LogP contribution in [0, 0.1) is 0 Å². The van der Waals surface area contributed by atoms with Gasteiger partial charge in [0.1, 0.15) is 13.0 Å². The molecule has 0 aromatic rings. The van der Waals surface area contributed by atoms with E-state index in [9.17, 15) is 31.5 Å². The molecule has 0 saturated carbocycles. The average molecular weight is 304 g/mol. The molecule has 20 heavy (non-hydrogen) atoms. The molecule has 116 valence electrons. The van der Waals surface area contributed by atoms with Gasteiger partial charge in [0.05, 0.1) is 19.2 Å². The number of halogens is 5. The van der Waals surface area contributed by atoms with Crippen molar-refractivity contribution < 1.29 is 36.6 Å². The fourth-order valence-corrected chi connectivity index (χ4v) is 1.85. The van der Waals surface area contributed by atoms with Crippen LogP contribution in [0.3, 0.4) is 0 Å². The SMILES string of the molecule is O=C(CC(=O)N1CC(F)(F)CC1CO)NCC(F)(F)F. The minimum absolute atomic E-state index is 0.618. The monoisotopic (exact) mass is 304 g/mol. The number of aliphatic hydroxyl groups excluding tert-OH is 1. The first-order valence-electron chi connectivity index (χ1n) is 5.66. The van der Waals surface area contributed by atoms with Crippen LogP contribution in [0.1, 0.15) is 12.8 Å². The highest BCUT2D eigenvalue weighted by Crippen LogP contribution is 2.32. The highest BCUT2D eigenvalue weighted by Gasteiger charge is 2.46. The number of likely N-dealkylation sites (tertiary alicyclic amines) is 1. The molecule has 1 heterocycles. The van der Waals surface area contributed by atoms with Gasteiger partial charge >= 0.3 is 6.18 Å². The van der Waals surface area contributed by atoms with Gasteiger partial charge < -0.3 is 15.3 Å². The third-order valence-electron chi connectivity index (χ3n) is 2.71. The summed E-state index contributed by atoms with van der Waals surface area (Å²) in [6, 6.07) is -1.13. The van der Waals surface area contributed by atoms with Crippen LogP contribution in [0.4, 0.5) is 22.0 Å². The summed E-state index contributed by atoms with van der Waals surface area (Å²) < 4.78 is 61.6. The van der Waals surface area contributed by atoms with Crippen molar-refractivity contribution >= 4 is 11.8 Å². The molecule has 0 spiro atoms. The molecule has 1 fully saturated rings. The third kappa shape index (κ3) is 4.91. The molecule has 10 heteroatoms. The van der Waals surface area contributed by atoms with Crippen LogP contribution in [-0.4, -0.2) is 59.7 Å². The van der Waals surface area contributed by atoms with Gasteiger partial charge in [-0.1, -0.05) is 0 Å². The second kappa shape index (κ2) is 5.90. The van der Waals surface area contributed by atoms with E-state index in [1.165, 1.54) is 5.32 Å². The van der Waals surface area contributed by atoms with E-state index in [2.05, 4.69) is 0 Å². The molecule has 0 aliphatic carbocycles. The molecule has 0 bridgehead atoms. The van der Waals surface area contributed by atoms with Gasteiger partial charge in [0.2, 0.25) is 11.8 Å². The van der Waals surface area contributed by atoms with Gasteiger partial charge in [-0.2, -0.15) is 13.2 Å². The smallest absolute Gasteiger partial charge is 0.394 e. The number of hydrogen-bond acceptors (Lipinski definition) is 3. The summed E-state index contributed by atoms with van der Waals surface area (Å²) in [5, 5.41) is 10.4. The normalized spacial score (nSPS) is 21.9. The number of aliphatic hydroxyl groups is 1. The number of alkyl halides is 5. The Hall–Kier alpha value is -1.45. The van der Waals surface area contributed by atoms with Crippen molar-refractivity contribution in [1.29, 1.82) is 0 Å². The number of carbonyl (C=O) groups excluding carboxylic acids is 2. The van der Waals surface area contributed by atoms with Gasteiger partial charge in [0.15, 0.2) is 0 Å². The van der Waals surface area contributed by atoms with Crippen molar-refractivity contribution in [3.63, 3.8) is 0 Å². The Labute approximate surface area is 110 Å². The average Bonchev–Trinajstić information content (AvgIpc) is 2.61. The zero-order valence-corrected chi connectivity index (χ0v) is 10.2. The first-order chi connectivity index (χ1) is 9.04. The molecule has 1 atom stereocenters. The lowest BCUT2D eigenvalue weighted by molar-refractivity contribution is -0.144. The van der Waals surface area contributed by atoms with Crippen LogP contribution >= 0.6 is 0 Å². The van der Waals surface area contributed by atoms with Crippen LogP contribution in [0.25, 0.3) is 0 Å². The summed E-state index contributed by atoms with van der Waals surface area (Å²) in [4.78, 5) is 23.3. The van der Waals surface area contributed by atoms with Gasteiger partial charge in [-0.25, -0.2) is 8.78 Å². The predicted molar refractivity (Wildman–Crippen MR) is 55.8 cm³/mol. The third-order valence-corrected chi connectivity index (χ3v) is 2.71. The van der Waals surface area contributed by atoms with E-state index in [1.807, 2.05) is 0 Å². The highest BCUT2D eigenvalue weighted by atomic mass is 19.4. The van der Waals surface area contributed by atoms with E-state index < -0.39 is 62.5 Å². The van der Waals surface area contributed by atoms with E-state index in [4.69, 9.17) is 5.11 Å². The number of hydrogen-bond donors (Lipinski definition) is 2. The lowest BCUT2D eigenvalue weighted by Crippen LogP contribution is -2.42. The summed E-state index contributed by atoms with van der Waals surface area (Å²) in [5.41, 5.74) is 0. The number of rotatable bonds is 4. The van der Waals surface area contributed by atoms with Crippen molar-refractivity contribution in [2.24, 2.45) is 0 Å². The Kier molecular flexibility index (Phi) is 4.90. The Balaban J connectivity index is 2.52. The van der Waals surface area contributed by atoms with Crippen molar-refractivity contribution in [2.75, 3.05) is 19.7 Å². The quantitative estimate of drug-likeness (QED) is 0.579. The summed E-state index contributed by atoms with van der Waals surface area (Å²) in [6.07, 6.45) is -6.32. The fraction of sp³-hybridized carbons (Fsp3) is 0.800. The Morgan fingerprint density at radius 3 is 2.45 bits per heavy atom. The van der Waals surface area contributed by atoms with Gasteiger partial charge in [-0.3, -0.25) is 9.59 Å². The molecular formula is C10H13F5N2O3. The largest absolute Gasteiger partial charge is 0.405 e. The summed E-state index contributed by atoms with van der Waals surface area (Å²) in [6.45, 7) is -3.26. The maximum atomic E-state index is 13.1. The van der Waals surface area contributed by atoms with Gasteiger partial charge in [0, 0.05) is 6.42 Å². The summed E-state index contributed by atoms with van der Waals surface area (Å²) >= 11 is 0. The molecule has 0 aromatic carbocycles. The van der Waals surface area contributed by atoms with Crippen LogP contribution in [-0.2, 0) is 9.59 Å².